The van der Waals surface area contributed by atoms with Gasteiger partial charge >= 0.3 is 0 Å². The molecule has 0 amide bonds. The molecule has 0 radical (unpaired) electrons. The Morgan fingerprint density at radius 2 is 2.10 bits per heavy atom. The number of aryl methyl sites for hydroxylation is 1. The van der Waals surface area contributed by atoms with E-state index >= 15 is 0 Å². The van der Waals surface area contributed by atoms with Crippen molar-refractivity contribution in [1.29, 1.82) is 0 Å². The van der Waals surface area contributed by atoms with Crippen LogP contribution in [-0.2, 0) is 13.0 Å². The number of nitrogens with zero attached hydrogens (tertiary/aromatic N) is 3. The molecule has 0 spiro atoms. The van der Waals surface area contributed by atoms with Crippen molar-refractivity contribution in [2.75, 3.05) is 6.54 Å². The van der Waals surface area contributed by atoms with Crippen LogP contribution in [0.5, 0.6) is 5.75 Å². The summed E-state index contributed by atoms with van der Waals surface area (Å²) in [7, 11) is 0. The molecule has 1 aromatic carbocycles. The van der Waals surface area contributed by atoms with Crippen molar-refractivity contribution in [3.63, 3.8) is 0 Å². The fourth-order valence-electron chi connectivity index (χ4n) is 4.74. The van der Waals surface area contributed by atoms with Crippen LogP contribution in [-0.4, -0.2) is 27.2 Å². The highest BCUT2D eigenvalue weighted by Gasteiger charge is 2.31. The number of aromatic nitrogens is 3. The zero-order valence-electron chi connectivity index (χ0n) is 16.7. The van der Waals surface area contributed by atoms with Crippen molar-refractivity contribution >= 4 is 11.0 Å². The number of ether oxygens (including phenoxy) is 1. The minimum absolute atomic E-state index is 0.114. The van der Waals surface area contributed by atoms with Gasteiger partial charge in [-0.2, -0.15) is 0 Å². The summed E-state index contributed by atoms with van der Waals surface area (Å²) in [6.45, 7) is 2.96. The van der Waals surface area contributed by atoms with E-state index in [4.69, 9.17) is 4.74 Å². The number of fused-ring (bicyclic) bond motifs is 2. The van der Waals surface area contributed by atoms with E-state index in [-0.39, 0.29) is 12.1 Å². The topological polar surface area (TPSA) is 52.0 Å². The first kappa shape index (κ1) is 19.4. The van der Waals surface area contributed by atoms with E-state index in [2.05, 4.69) is 19.9 Å². The first-order valence-electron chi connectivity index (χ1n) is 10.3. The molecule has 1 aliphatic carbocycles. The number of alkyl halides is 2. The highest BCUT2D eigenvalue weighted by Crippen LogP contribution is 2.39. The van der Waals surface area contributed by atoms with Gasteiger partial charge in [0, 0.05) is 36.2 Å². The molecule has 2 unspecified atom stereocenters. The summed E-state index contributed by atoms with van der Waals surface area (Å²) in [5, 5.41) is 4.22. The van der Waals surface area contributed by atoms with Crippen LogP contribution in [0.4, 0.5) is 13.2 Å². The van der Waals surface area contributed by atoms with Gasteiger partial charge in [0.15, 0.2) is 0 Å². The second kappa shape index (κ2) is 7.58. The molecule has 3 aromatic rings. The lowest BCUT2D eigenvalue weighted by Crippen LogP contribution is -2.27. The van der Waals surface area contributed by atoms with Crippen LogP contribution in [0.3, 0.4) is 0 Å². The van der Waals surface area contributed by atoms with Crippen LogP contribution in [0, 0.1) is 12.7 Å². The number of nitrogens with one attached hydrogen (secondary N) is 1. The molecule has 2 atom stereocenters. The van der Waals surface area contributed by atoms with Gasteiger partial charge in [-0.25, -0.2) is 23.1 Å². The molecule has 0 bridgehead atoms. The normalized spacial score (nSPS) is 21.4. The van der Waals surface area contributed by atoms with E-state index in [1.165, 1.54) is 6.07 Å². The quantitative estimate of drug-likeness (QED) is 0.674. The standard InChI is InChI=1S/C22H23F3N4O/c1-12-15-5-7-29(22(15)28-11-27-12)13-2-3-14(8-13)30-19-9-17(21(24)25)20(23)16-4-6-26-10-18(16)19/h5,7,9,11,13-14,21,26H,2-4,6,8,10H2,1H3. The van der Waals surface area contributed by atoms with Crippen molar-refractivity contribution in [3.05, 3.63) is 52.9 Å². The molecule has 1 N–H and O–H groups in total. The maximum atomic E-state index is 14.5. The maximum Gasteiger partial charge on any atom is 0.266 e. The van der Waals surface area contributed by atoms with Gasteiger partial charge in [0.2, 0.25) is 0 Å². The number of hydrogen-bond donors (Lipinski definition) is 1. The molecular weight excluding hydrogens is 393 g/mol. The lowest BCUT2D eigenvalue weighted by atomic mass is 9.96. The fourth-order valence-corrected chi connectivity index (χ4v) is 4.74. The molecule has 5 rings (SSSR count). The number of benzene rings is 1. The summed E-state index contributed by atoms with van der Waals surface area (Å²) >= 11 is 0. The molecule has 1 fully saturated rings. The highest BCUT2D eigenvalue weighted by molar-refractivity contribution is 5.78. The molecule has 0 saturated heterocycles. The van der Waals surface area contributed by atoms with E-state index in [0.29, 0.717) is 36.4 Å². The number of halogens is 3. The molecule has 158 valence electrons. The zero-order chi connectivity index (χ0) is 20.8. The molecular formula is C22H23F3N4O. The zero-order valence-corrected chi connectivity index (χ0v) is 16.7. The van der Waals surface area contributed by atoms with Crippen LogP contribution in [0.1, 0.15) is 54.1 Å². The lowest BCUT2D eigenvalue weighted by molar-refractivity contribution is 0.144. The van der Waals surface area contributed by atoms with Crippen LogP contribution >= 0.6 is 0 Å². The lowest BCUT2D eigenvalue weighted by Gasteiger charge is -2.25. The summed E-state index contributed by atoms with van der Waals surface area (Å²) < 4.78 is 49.7. The maximum absolute atomic E-state index is 14.5. The Kier molecular flexibility index (Phi) is 4.89. The van der Waals surface area contributed by atoms with Crippen molar-refractivity contribution in [3.8, 4) is 5.75 Å². The molecule has 1 saturated carbocycles. The molecule has 2 aromatic heterocycles. The van der Waals surface area contributed by atoms with Gasteiger partial charge < -0.3 is 14.6 Å². The third kappa shape index (κ3) is 3.23. The van der Waals surface area contributed by atoms with Crippen LogP contribution in [0.2, 0.25) is 0 Å². The first-order chi connectivity index (χ1) is 14.5. The average molecular weight is 416 g/mol. The number of rotatable bonds is 4. The van der Waals surface area contributed by atoms with Gasteiger partial charge in [-0.1, -0.05) is 0 Å². The SMILES string of the molecule is Cc1ncnc2c1ccn2C1CCC(Oc2cc(C(F)F)c(F)c3c2CNCC3)C1. The Morgan fingerprint density at radius 1 is 1.23 bits per heavy atom. The third-order valence-corrected chi connectivity index (χ3v) is 6.31. The van der Waals surface area contributed by atoms with Gasteiger partial charge in [-0.3, -0.25) is 0 Å². The molecule has 8 heteroatoms. The van der Waals surface area contributed by atoms with Gasteiger partial charge in [-0.15, -0.1) is 0 Å². The second-order valence-corrected chi connectivity index (χ2v) is 8.09. The summed E-state index contributed by atoms with van der Waals surface area (Å²) in [6, 6.07) is 3.43. The van der Waals surface area contributed by atoms with Gasteiger partial charge in [0.25, 0.3) is 6.43 Å². The van der Waals surface area contributed by atoms with E-state index in [0.717, 1.165) is 36.0 Å². The molecule has 5 nitrogen and oxygen atoms in total. The van der Waals surface area contributed by atoms with Crippen molar-refractivity contribution in [2.45, 2.75) is 57.7 Å². The largest absolute Gasteiger partial charge is 0.490 e. The minimum atomic E-state index is -2.86. The first-order valence-corrected chi connectivity index (χ1v) is 10.3. The third-order valence-electron chi connectivity index (χ3n) is 6.31. The van der Waals surface area contributed by atoms with E-state index in [9.17, 15) is 13.2 Å². The fraction of sp³-hybridized carbons (Fsp3) is 0.455. The smallest absolute Gasteiger partial charge is 0.266 e. The van der Waals surface area contributed by atoms with Gasteiger partial charge in [0.05, 0.1) is 11.3 Å². The predicted octanol–water partition coefficient (Wildman–Crippen LogP) is 4.63. The Bertz CT molecular complexity index is 1100. The molecule has 1 aliphatic heterocycles. The molecule has 30 heavy (non-hydrogen) atoms. The van der Waals surface area contributed by atoms with Crippen molar-refractivity contribution < 1.29 is 17.9 Å². The Labute approximate surface area is 172 Å². The predicted molar refractivity (Wildman–Crippen MR) is 106 cm³/mol. The second-order valence-electron chi connectivity index (χ2n) is 8.09. The number of hydrogen-bond acceptors (Lipinski definition) is 4. The molecule has 2 aliphatic rings. The average Bonchev–Trinajstić information content (AvgIpc) is 3.37. The van der Waals surface area contributed by atoms with Crippen molar-refractivity contribution in [1.82, 2.24) is 19.9 Å². The monoisotopic (exact) mass is 416 g/mol. The van der Waals surface area contributed by atoms with Crippen LogP contribution in [0.15, 0.2) is 24.7 Å². The van der Waals surface area contributed by atoms with Gasteiger partial charge in [0.1, 0.15) is 29.6 Å². The van der Waals surface area contributed by atoms with E-state index in [1.54, 1.807) is 6.33 Å². The minimum Gasteiger partial charge on any atom is -0.490 e. The highest BCUT2D eigenvalue weighted by atomic mass is 19.3. The van der Waals surface area contributed by atoms with Crippen LogP contribution < -0.4 is 10.1 Å². The Hall–Kier alpha value is -2.61. The Morgan fingerprint density at radius 3 is 2.93 bits per heavy atom. The molecule has 3 heterocycles. The Balaban J connectivity index is 1.41. The van der Waals surface area contributed by atoms with E-state index < -0.39 is 17.8 Å². The summed E-state index contributed by atoms with van der Waals surface area (Å²) in [4.78, 5) is 8.67. The van der Waals surface area contributed by atoms with Gasteiger partial charge in [-0.05, 0) is 50.4 Å². The van der Waals surface area contributed by atoms with Crippen LogP contribution in [0.25, 0.3) is 11.0 Å². The van der Waals surface area contributed by atoms with E-state index in [1.807, 2.05) is 19.2 Å². The summed E-state index contributed by atoms with van der Waals surface area (Å²) in [6.07, 6.45) is 3.46. The van der Waals surface area contributed by atoms with Crippen molar-refractivity contribution in [2.24, 2.45) is 0 Å². The summed E-state index contributed by atoms with van der Waals surface area (Å²) in [5.74, 6) is -0.401. The summed E-state index contributed by atoms with van der Waals surface area (Å²) in [5.41, 5.74) is 2.30.